The first-order valence-electron chi connectivity index (χ1n) is 5.05. The van der Waals surface area contributed by atoms with Crippen molar-refractivity contribution in [1.29, 1.82) is 0 Å². The van der Waals surface area contributed by atoms with Crippen LogP contribution in [0, 0.1) is 12.7 Å². The van der Waals surface area contributed by atoms with E-state index in [9.17, 15) is 4.39 Å². The Labute approximate surface area is 91.0 Å². The molecule has 0 saturated heterocycles. The molecule has 0 aliphatic rings. The van der Waals surface area contributed by atoms with Crippen molar-refractivity contribution in [2.45, 2.75) is 27.7 Å². The standard InChI is InChI=1S/C10H13FN2.C2H6/c1-6-4-8(7(2)13-3)10(12)9(11)5-6;1-2/h4-5H,12H2,1-3H3;1-2H3. The molecule has 0 aliphatic carbocycles. The molecule has 2 nitrogen and oxygen atoms in total. The molecular formula is C12H19FN2. The normalized spacial score (nSPS) is 10.7. The average Bonchev–Trinajstić information content (AvgIpc) is 2.25. The number of hydrogen-bond acceptors (Lipinski definition) is 2. The number of hydrogen-bond donors (Lipinski definition) is 1. The van der Waals surface area contributed by atoms with Crippen LogP contribution in [0.5, 0.6) is 0 Å². The molecule has 1 rings (SSSR count). The van der Waals surface area contributed by atoms with Crippen LogP contribution < -0.4 is 5.73 Å². The van der Waals surface area contributed by atoms with Crippen LogP contribution >= 0.6 is 0 Å². The number of nitrogens with two attached hydrogens (primary N) is 1. The van der Waals surface area contributed by atoms with Crippen LogP contribution in [0.1, 0.15) is 31.9 Å². The molecule has 1 aromatic rings. The second kappa shape index (κ2) is 6.17. The van der Waals surface area contributed by atoms with E-state index in [1.54, 1.807) is 7.05 Å². The van der Waals surface area contributed by atoms with Gasteiger partial charge in [0.25, 0.3) is 0 Å². The van der Waals surface area contributed by atoms with Gasteiger partial charge in [-0.15, -0.1) is 0 Å². The molecule has 2 N–H and O–H groups in total. The van der Waals surface area contributed by atoms with E-state index in [0.29, 0.717) is 5.56 Å². The van der Waals surface area contributed by atoms with E-state index in [4.69, 9.17) is 5.73 Å². The maximum atomic E-state index is 13.2. The Hall–Kier alpha value is -1.38. The molecule has 0 aromatic heterocycles. The van der Waals surface area contributed by atoms with Gasteiger partial charge in [0.2, 0.25) is 0 Å². The summed E-state index contributed by atoms with van der Waals surface area (Å²) in [5.74, 6) is -0.377. The average molecular weight is 210 g/mol. The first kappa shape index (κ1) is 13.6. The lowest BCUT2D eigenvalue weighted by Crippen LogP contribution is -2.04. The largest absolute Gasteiger partial charge is 0.396 e. The number of aliphatic imine (C=N–C) groups is 1. The van der Waals surface area contributed by atoms with Crippen molar-refractivity contribution in [2.75, 3.05) is 12.8 Å². The molecule has 1 aromatic carbocycles. The molecule has 0 aliphatic heterocycles. The molecule has 84 valence electrons. The maximum absolute atomic E-state index is 13.2. The monoisotopic (exact) mass is 210 g/mol. The summed E-state index contributed by atoms with van der Waals surface area (Å²) in [6.07, 6.45) is 0. The minimum atomic E-state index is -0.377. The van der Waals surface area contributed by atoms with Crippen LogP contribution in [0.3, 0.4) is 0 Å². The summed E-state index contributed by atoms with van der Waals surface area (Å²) in [5.41, 5.74) is 8.03. The van der Waals surface area contributed by atoms with Gasteiger partial charge in [-0.2, -0.15) is 0 Å². The fraction of sp³-hybridized carbons (Fsp3) is 0.417. The van der Waals surface area contributed by atoms with Crippen molar-refractivity contribution in [3.8, 4) is 0 Å². The van der Waals surface area contributed by atoms with Gasteiger partial charge in [0.1, 0.15) is 5.82 Å². The van der Waals surface area contributed by atoms with Gasteiger partial charge in [-0.05, 0) is 31.5 Å². The Morgan fingerprint density at radius 2 is 1.87 bits per heavy atom. The molecule has 0 saturated carbocycles. The molecule has 0 unspecified atom stereocenters. The van der Waals surface area contributed by atoms with Crippen LogP contribution in [-0.2, 0) is 0 Å². The predicted molar refractivity (Wildman–Crippen MR) is 65.0 cm³/mol. The highest BCUT2D eigenvalue weighted by Crippen LogP contribution is 2.19. The minimum absolute atomic E-state index is 0.175. The second-order valence-electron chi connectivity index (χ2n) is 3.02. The summed E-state index contributed by atoms with van der Waals surface area (Å²) in [7, 11) is 1.66. The first-order chi connectivity index (χ1) is 7.06. The lowest BCUT2D eigenvalue weighted by molar-refractivity contribution is 0.631. The van der Waals surface area contributed by atoms with Gasteiger partial charge in [-0.25, -0.2) is 4.39 Å². The zero-order chi connectivity index (χ0) is 12.0. The first-order valence-corrected chi connectivity index (χ1v) is 5.05. The molecular weight excluding hydrogens is 191 g/mol. The van der Waals surface area contributed by atoms with Gasteiger partial charge < -0.3 is 5.73 Å². The fourth-order valence-corrected chi connectivity index (χ4v) is 1.17. The van der Waals surface area contributed by atoms with Gasteiger partial charge >= 0.3 is 0 Å². The molecule has 0 heterocycles. The second-order valence-corrected chi connectivity index (χ2v) is 3.02. The number of anilines is 1. The summed E-state index contributed by atoms with van der Waals surface area (Å²) >= 11 is 0. The summed E-state index contributed by atoms with van der Waals surface area (Å²) in [5, 5.41) is 0. The Morgan fingerprint density at radius 1 is 1.33 bits per heavy atom. The van der Waals surface area contributed by atoms with Gasteiger partial charge in [-0.3, -0.25) is 4.99 Å². The SMILES string of the molecule is CC.CN=C(C)c1cc(C)cc(F)c1N. The summed E-state index contributed by atoms with van der Waals surface area (Å²) in [4.78, 5) is 3.97. The van der Waals surface area contributed by atoms with Crippen LogP contribution in [0.4, 0.5) is 10.1 Å². The maximum Gasteiger partial charge on any atom is 0.147 e. The van der Waals surface area contributed by atoms with Crippen molar-refractivity contribution in [3.05, 3.63) is 29.1 Å². The lowest BCUT2D eigenvalue weighted by Gasteiger charge is -2.06. The third kappa shape index (κ3) is 3.35. The summed E-state index contributed by atoms with van der Waals surface area (Å²) in [6.45, 7) is 7.64. The highest BCUT2D eigenvalue weighted by atomic mass is 19.1. The van der Waals surface area contributed by atoms with Gasteiger partial charge in [0.05, 0.1) is 5.69 Å². The van der Waals surface area contributed by atoms with Crippen molar-refractivity contribution < 1.29 is 4.39 Å². The summed E-state index contributed by atoms with van der Waals surface area (Å²) < 4.78 is 13.2. The third-order valence-corrected chi connectivity index (χ3v) is 2.00. The van der Waals surface area contributed by atoms with E-state index in [-0.39, 0.29) is 11.5 Å². The van der Waals surface area contributed by atoms with E-state index in [2.05, 4.69) is 4.99 Å². The van der Waals surface area contributed by atoms with E-state index in [0.717, 1.165) is 11.3 Å². The quantitative estimate of drug-likeness (QED) is 0.561. The van der Waals surface area contributed by atoms with Gasteiger partial charge in [-0.1, -0.05) is 13.8 Å². The molecule has 3 heteroatoms. The minimum Gasteiger partial charge on any atom is -0.396 e. The van der Waals surface area contributed by atoms with E-state index in [1.807, 2.05) is 33.8 Å². The molecule has 0 spiro atoms. The van der Waals surface area contributed by atoms with E-state index < -0.39 is 0 Å². The number of nitrogens with zero attached hydrogens (tertiary/aromatic N) is 1. The summed E-state index contributed by atoms with van der Waals surface area (Å²) in [6, 6.07) is 3.25. The number of benzene rings is 1. The van der Waals surface area contributed by atoms with Crippen molar-refractivity contribution in [2.24, 2.45) is 4.99 Å². The van der Waals surface area contributed by atoms with Crippen molar-refractivity contribution >= 4 is 11.4 Å². The molecule has 15 heavy (non-hydrogen) atoms. The third-order valence-electron chi connectivity index (χ3n) is 2.00. The highest BCUT2D eigenvalue weighted by molar-refractivity contribution is 6.03. The van der Waals surface area contributed by atoms with Crippen LogP contribution in [-0.4, -0.2) is 12.8 Å². The highest BCUT2D eigenvalue weighted by Gasteiger charge is 2.07. The Kier molecular flexibility index (Phi) is 5.60. The van der Waals surface area contributed by atoms with Crippen molar-refractivity contribution in [3.63, 3.8) is 0 Å². The van der Waals surface area contributed by atoms with E-state index in [1.165, 1.54) is 6.07 Å². The Bertz CT molecular complexity index is 357. The number of aryl methyl sites for hydroxylation is 1. The zero-order valence-corrected chi connectivity index (χ0v) is 10.1. The van der Waals surface area contributed by atoms with Crippen LogP contribution in [0.15, 0.2) is 17.1 Å². The number of nitrogen functional groups attached to an aromatic ring is 1. The smallest absolute Gasteiger partial charge is 0.147 e. The van der Waals surface area contributed by atoms with E-state index >= 15 is 0 Å². The lowest BCUT2D eigenvalue weighted by atomic mass is 10.1. The fourth-order valence-electron chi connectivity index (χ4n) is 1.17. The van der Waals surface area contributed by atoms with Gasteiger partial charge in [0.15, 0.2) is 0 Å². The predicted octanol–water partition coefficient (Wildman–Crippen LogP) is 3.18. The zero-order valence-electron chi connectivity index (χ0n) is 10.1. The van der Waals surface area contributed by atoms with Crippen molar-refractivity contribution in [1.82, 2.24) is 0 Å². The topological polar surface area (TPSA) is 38.4 Å². The van der Waals surface area contributed by atoms with Crippen LogP contribution in [0.2, 0.25) is 0 Å². The van der Waals surface area contributed by atoms with Crippen LogP contribution in [0.25, 0.3) is 0 Å². The van der Waals surface area contributed by atoms with Gasteiger partial charge in [0, 0.05) is 18.3 Å². The molecule has 0 amide bonds. The molecule has 0 bridgehead atoms. The molecule has 0 radical (unpaired) electrons. The molecule has 0 fully saturated rings. The Balaban J connectivity index is 0.000000921. The Morgan fingerprint density at radius 3 is 2.33 bits per heavy atom. The number of rotatable bonds is 1. The number of halogens is 1. The molecule has 0 atom stereocenters.